The molecule has 0 radical (unpaired) electrons. The lowest BCUT2D eigenvalue weighted by atomic mass is 9.88. The van der Waals surface area contributed by atoms with Crippen molar-refractivity contribution in [3.63, 3.8) is 0 Å². The molecule has 4 aromatic rings. The Hall–Kier alpha value is -3.11. The lowest BCUT2D eigenvalue weighted by Gasteiger charge is -2.29. The minimum atomic E-state index is -1.01. The van der Waals surface area contributed by atoms with Gasteiger partial charge in [0, 0.05) is 22.9 Å². The first-order chi connectivity index (χ1) is 12.7. The van der Waals surface area contributed by atoms with Gasteiger partial charge in [0.15, 0.2) is 6.04 Å². The van der Waals surface area contributed by atoms with Gasteiger partial charge >= 0.3 is 0 Å². The summed E-state index contributed by atoms with van der Waals surface area (Å²) in [5.74, 6) is -1.01. The monoisotopic (exact) mass is 342 g/mol. The van der Waals surface area contributed by atoms with Crippen LogP contribution >= 0.6 is 0 Å². The van der Waals surface area contributed by atoms with Crippen molar-refractivity contribution < 1.29 is 15.2 Å². The third kappa shape index (κ3) is 2.23. The zero-order valence-corrected chi connectivity index (χ0v) is 14.1. The fraction of sp³-hybridized carbons (Fsp3) is 0.136. The first kappa shape index (κ1) is 15.2. The van der Waals surface area contributed by atoms with Crippen LogP contribution in [0.5, 0.6) is 0 Å². The fourth-order valence-electron chi connectivity index (χ4n) is 4.27. The van der Waals surface area contributed by atoms with E-state index in [1.54, 1.807) is 0 Å². The van der Waals surface area contributed by atoms with Gasteiger partial charge in [0.25, 0.3) is 0 Å². The van der Waals surface area contributed by atoms with Crippen molar-refractivity contribution in [1.29, 1.82) is 0 Å². The molecule has 4 nitrogen and oxygen atoms in total. The predicted octanol–water partition coefficient (Wildman–Crippen LogP) is 1.65. The van der Waals surface area contributed by atoms with E-state index in [2.05, 4.69) is 35.3 Å². The Labute approximate surface area is 150 Å². The number of H-pyrrole nitrogens is 1. The van der Waals surface area contributed by atoms with Crippen molar-refractivity contribution in [2.75, 3.05) is 0 Å². The first-order valence-corrected chi connectivity index (χ1v) is 8.85. The molecule has 3 N–H and O–H groups in total. The van der Waals surface area contributed by atoms with Gasteiger partial charge in [-0.15, -0.1) is 0 Å². The average Bonchev–Trinajstić information content (AvgIpc) is 3.05. The van der Waals surface area contributed by atoms with Gasteiger partial charge in [-0.3, -0.25) is 0 Å². The Bertz CT molecular complexity index is 1140. The van der Waals surface area contributed by atoms with E-state index in [0.717, 1.165) is 38.5 Å². The van der Waals surface area contributed by atoms with Crippen LogP contribution in [0.25, 0.3) is 21.7 Å². The van der Waals surface area contributed by atoms with Crippen molar-refractivity contribution in [3.05, 3.63) is 83.6 Å². The van der Waals surface area contributed by atoms with Gasteiger partial charge in [-0.25, -0.2) is 0 Å². The maximum atomic E-state index is 11.7. The summed E-state index contributed by atoms with van der Waals surface area (Å²) in [6, 6.07) is 21.9. The van der Waals surface area contributed by atoms with E-state index in [1.807, 2.05) is 41.7 Å². The molecular formula is C22H18N2O2. The third-order valence-corrected chi connectivity index (χ3v) is 5.47. The second-order valence-electron chi connectivity index (χ2n) is 6.93. The Morgan fingerprint density at radius 3 is 2.54 bits per heavy atom. The van der Waals surface area contributed by atoms with Crippen LogP contribution in [0.4, 0.5) is 0 Å². The number of aromatic amines is 1. The van der Waals surface area contributed by atoms with Gasteiger partial charge in [-0.1, -0.05) is 60.7 Å². The molecule has 0 bridgehead atoms. The smallest absolute Gasteiger partial charge is 0.154 e. The molecule has 1 aromatic heterocycles. The molecule has 0 fully saturated rings. The van der Waals surface area contributed by atoms with Crippen LogP contribution < -0.4 is 10.4 Å². The molecule has 0 saturated carbocycles. The summed E-state index contributed by atoms with van der Waals surface area (Å²) in [6.07, 6.45) is 0.475. The number of hydrogen-bond acceptors (Lipinski definition) is 2. The van der Waals surface area contributed by atoms with E-state index in [1.165, 1.54) is 0 Å². The highest BCUT2D eigenvalue weighted by Gasteiger charge is 2.35. The summed E-state index contributed by atoms with van der Waals surface area (Å²) in [7, 11) is 0. The van der Waals surface area contributed by atoms with E-state index in [9.17, 15) is 9.90 Å². The lowest BCUT2D eigenvalue weighted by Crippen LogP contribution is -2.95. The molecule has 1 aliphatic heterocycles. The van der Waals surface area contributed by atoms with Gasteiger partial charge in [0.05, 0.1) is 11.7 Å². The van der Waals surface area contributed by atoms with Crippen LogP contribution in [0.1, 0.15) is 22.9 Å². The van der Waals surface area contributed by atoms with E-state index < -0.39 is 12.0 Å². The average molecular weight is 342 g/mol. The molecule has 0 unspecified atom stereocenters. The molecule has 0 saturated heterocycles. The quantitative estimate of drug-likeness (QED) is 0.581. The summed E-state index contributed by atoms with van der Waals surface area (Å²) in [5.41, 5.74) is 4.37. The highest BCUT2D eigenvalue weighted by molar-refractivity contribution is 5.89. The molecule has 2 atom stereocenters. The zero-order chi connectivity index (χ0) is 17.7. The highest BCUT2D eigenvalue weighted by Crippen LogP contribution is 2.34. The standard InChI is InChI=1S/C22H18N2O2/c25-22(26)19-12-17-15-9-3-4-11-18(15)23-21(17)20(24-19)16-10-5-7-13-6-1-2-8-14(13)16/h1-11,19-20,23-24H,12H2,(H,25,26)/t19-,20-/m0/s1. The van der Waals surface area contributed by atoms with Gasteiger partial charge in [-0.05, 0) is 22.4 Å². The van der Waals surface area contributed by atoms with Crippen LogP contribution in [0, 0.1) is 0 Å². The van der Waals surface area contributed by atoms with Crippen molar-refractivity contribution in [3.8, 4) is 0 Å². The van der Waals surface area contributed by atoms with Gasteiger partial charge in [0.1, 0.15) is 6.04 Å². The normalized spacial score (nSPS) is 19.5. The van der Waals surface area contributed by atoms with Crippen LogP contribution in [-0.4, -0.2) is 17.0 Å². The Balaban J connectivity index is 1.77. The second-order valence-corrected chi connectivity index (χ2v) is 6.93. The molecule has 26 heavy (non-hydrogen) atoms. The highest BCUT2D eigenvalue weighted by atomic mass is 16.4. The minimum Gasteiger partial charge on any atom is -0.544 e. The number of carbonyl (C=O) groups excluding carboxylic acids is 1. The summed E-state index contributed by atoms with van der Waals surface area (Å²) >= 11 is 0. The molecular weight excluding hydrogens is 324 g/mol. The number of benzene rings is 3. The Morgan fingerprint density at radius 1 is 0.962 bits per heavy atom. The van der Waals surface area contributed by atoms with Crippen LogP contribution in [0.3, 0.4) is 0 Å². The summed E-state index contributed by atoms with van der Waals surface area (Å²) in [5, 5.41) is 17.1. The summed E-state index contributed by atoms with van der Waals surface area (Å²) in [6.45, 7) is 0. The number of para-hydroxylation sites is 1. The number of rotatable bonds is 2. The van der Waals surface area contributed by atoms with Crippen LogP contribution in [-0.2, 0) is 11.2 Å². The molecule has 4 heteroatoms. The molecule has 1 aliphatic rings. The van der Waals surface area contributed by atoms with Crippen LogP contribution in [0.15, 0.2) is 66.7 Å². The van der Waals surface area contributed by atoms with Crippen molar-refractivity contribution in [2.45, 2.75) is 18.5 Å². The van der Waals surface area contributed by atoms with E-state index >= 15 is 0 Å². The van der Waals surface area contributed by atoms with E-state index in [0.29, 0.717) is 6.42 Å². The maximum Gasteiger partial charge on any atom is 0.154 e. The lowest BCUT2D eigenvalue weighted by molar-refractivity contribution is -0.716. The molecule has 0 amide bonds. The predicted molar refractivity (Wildman–Crippen MR) is 98.5 cm³/mol. The van der Waals surface area contributed by atoms with E-state index in [4.69, 9.17) is 0 Å². The maximum absolute atomic E-state index is 11.7. The number of aliphatic carboxylic acids is 1. The molecule has 0 aliphatic carbocycles. The molecule has 128 valence electrons. The second kappa shape index (κ2) is 5.71. The van der Waals surface area contributed by atoms with Crippen molar-refractivity contribution in [1.82, 2.24) is 4.98 Å². The minimum absolute atomic E-state index is 0.0971. The number of aromatic nitrogens is 1. The summed E-state index contributed by atoms with van der Waals surface area (Å²) in [4.78, 5) is 15.3. The first-order valence-electron chi connectivity index (χ1n) is 8.85. The molecule has 5 rings (SSSR count). The van der Waals surface area contributed by atoms with Crippen molar-refractivity contribution in [2.24, 2.45) is 0 Å². The van der Waals surface area contributed by atoms with E-state index in [-0.39, 0.29) is 6.04 Å². The van der Waals surface area contributed by atoms with Gasteiger partial charge < -0.3 is 20.2 Å². The number of quaternary nitrogens is 1. The summed E-state index contributed by atoms with van der Waals surface area (Å²) < 4.78 is 0. The number of nitrogens with two attached hydrogens (primary N) is 1. The van der Waals surface area contributed by atoms with Gasteiger partial charge in [0.2, 0.25) is 0 Å². The SMILES string of the molecule is O=C([O-])[C@@H]1Cc2c([nH]c3ccccc23)[C@H](c2cccc3ccccc23)[NH2+]1. The fourth-order valence-corrected chi connectivity index (χ4v) is 4.27. The molecule has 0 spiro atoms. The number of nitrogens with one attached hydrogen (secondary N) is 1. The number of carboxylic acid groups (broad SMARTS) is 1. The van der Waals surface area contributed by atoms with Gasteiger partial charge in [-0.2, -0.15) is 0 Å². The van der Waals surface area contributed by atoms with Crippen molar-refractivity contribution >= 4 is 27.6 Å². The third-order valence-electron chi connectivity index (χ3n) is 5.47. The number of hydrogen-bond donors (Lipinski definition) is 2. The number of carbonyl (C=O) groups is 1. The Kier molecular flexibility index (Phi) is 3.33. The number of carboxylic acids is 1. The largest absolute Gasteiger partial charge is 0.544 e. The molecule has 3 aromatic carbocycles. The zero-order valence-electron chi connectivity index (χ0n) is 14.1. The topological polar surface area (TPSA) is 72.5 Å². The number of fused-ring (bicyclic) bond motifs is 4. The Morgan fingerprint density at radius 2 is 1.69 bits per heavy atom. The molecule has 2 heterocycles. The van der Waals surface area contributed by atoms with Crippen LogP contribution in [0.2, 0.25) is 0 Å².